The van der Waals surface area contributed by atoms with Crippen LogP contribution in [0.1, 0.15) is 10.4 Å². The van der Waals surface area contributed by atoms with Gasteiger partial charge in [-0.3, -0.25) is 14.5 Å². The number of nitrogens with zero attached hydrogens (tertiary/aromatic N) is 3. The molecule has 2 rings (SSSR count). The fourth-order valence-electron chi connectivity index (χ4n) is 1.26. The summed E-state index contributed by atoms with van der Waals surface area (Å²) >= 11 is 0. The van der Waals surface area contributed by atoms with E-state index in [1.807, 2.05) is 0 Å². The molecule has 6 nitrogen and oxygen atoms in total. The molecule has 0 aliphatic carbocycles. The number of hydrogen-bond acceptors (Lipinski definition) is 4. The molecule has 2 heterocycles. The van der Waals surface area contributed by atoms with Crippen LogP contribution in [0.15, 0.2) is 30.7 Å². The van der Waals surface area contributed by atoms with Crippen molar-refractivity contribution in [1.29, 1.82) is 0 Å². The van der Waals surface area contributed by atoms with Crippen molar-refractivity contribution in [1.82, 2.24) is 14.8 Å². The minimum atomic E-state index is -0.315. The number of anilines is 2. The van der Waals surface area contributed by atoms with Crippen LogP contribution in [0.3, 0.4) is 0 Å². The van der Waals surface area contributed by atoms with Crippen molar-refractivity contribution in [3.8, 4) is 0 Å². The molecule has 82 valence electrons. The Bertz CT molecular complexity index is 519. The summed E-state index contributed by atoms with van der Waals surface area (Å²) in [6.45, 7) is 0. The second-order valence-electron chi connectivity index (χ2n) is 3.29. The highest BCUT2D eigenvalue weighted by molar-refractivity contribution is 6.06. The van der Waals surface area contributed by atoms with Crippen LogP contribution in [0.5, 0.6) is 0 Å². The van der Waals surface area contributed by atoms with Gasteiger partial charge in [0.15, 0.2) is 5.82 Å². The van der Waals surface area contributed by atoms with Crippen molar-refractivity contribution >= 4 is 17.4 Å². The lowest BCUT2D eigenvalue weighted by molar-refractivity contribution is 0.102. The van der Waals surface area contributed by atoms with Gasteiger partial charge in [-0.25, -0.2) is 0 Å². The van der Waals surface area contributed by atoms with Crippen LogP contribution in [0, 0.1) is 0 Å². The number of hydrogen-bond donors (Lipinski definition) is 2. The summed E-state index contributed by atoms with van der Waals surface area (Å²) in [5, 5.41) is 6.66. The van der Waals surface area contributed by atoms with Crippen LogP contribution < -0.4 is 11.1 Å². The van der Waals surface area contributed by atoms with Crippen LogP contribution in [0.25, 0.3) is 0 Å². The molecule has 0 saturated heterocycles. The Morgan fingerprint density at radius 2 is 2.31 bits per heavy atom. The van der Waals surface area contributed by atoms with E-state index in [1.165, 1.54) is 12.4 Å². The molecule has 3 N–H and O–H groups in total. The minimum Gasteiger partial charge on any atom is -0.398 e. The van der Waals surface area contributed by atoms with Crippen molar-refractivity contribution in [3.05, 3.63) is 36.3 Å². The molecule has 0 aromatic carbocycles. The number of pyridine rings is 1. The van der Waals surface area contributed by atoms with Gasteiger partial charge in [0, 0.05) is 37.4 Å². The summed E-state index contributed by atoms with van der Waals surface area (Å²) in [7, 11) is 1.77. The van der Waals surface area contributed by atoms with Gasteiger partial charge in [0.2, 0.25) is 0 Å². The first-order chi connectivity index (χ1) is 7.66. The number of nitrogen functional groups attached to an aromatic ring is 1. The molecular weight excluding hydrogens is 206 g/mol. The van der Waals surface area contributed by atoms with Gasteiger partial charge in [-0.2, -0.15) is 5.10 Å². The third-order valence-corrected chi connectivity index (χ3v) is 2.05. The smallest absolute Gasteiger partial charge is 0.260 e. The number of nitrogens with one attached hydrogen (secondary N) is 1. The van der Waals surface area contributed by atoms with Gasteiger partial charge in [0.1, 0.15) is 0 Å². The number of nitrogens with two attached hydrogens (primary N) is 1. The van der Waals surface area contributed by atoms with Crippen molar-refractivity contribution in [3.63, 3.8) is 0 Å². The lowest BCUT2D eigenvalue weighted by atomic mass is 10.2. The molecule has 0 atom stereocenters. The molecule has 0 saturated carbocycles. The van der Waals surface area contributed by atoms with Crippen LogP contribution in [-0.2, 0) is 7.05 Å². The van der Waals surface area contributed by atoms with Gasteiger partial charge in [-0.15, -0.1) is 0 Å². The maximum Gasteiger partial charge on any atom is 0.260 e. The summed E-state index contributed by atoms with van der Waals surface area (Å²) in [6, 6.07) is 3.28. The molecule has 0 unspecified atom stereocenters. The Morgan fingerprint density at radius 1 is 1.50 bits per heavy atom. The summed E-state index contributed by atoms with van der Waals surface area (Å²) in [5.41, 5.74) is 6.39. The van der Waals surface area contributed by atoms with E-state index in [1.54, 1.807) is 30.1 Å². The van der Waals surface area contributed by atoms with Crippen molar-refractivity contribution in [2.45, 2.75) is 0 Å². The monoisotopic (exact) mass is 217 g/mol. The van der Waals surface area contributed by atoms with E-state index in [4.69, 9.17) is 5.73 Å². The number of aryl methyl sites for hydroxylation is 1. The van der Waals surface area contributed by atoms with Crippen LogP contribution >= 0.6 is 0 Å². The Balaban J connectivity index is 2.18. The standard InChI is InChI=1S/C10H11N5O/c1-15-5-3-9(14-15)13-10(16)7-6-12-4-2-8(7)11/h2-6H,1H3,(H2,11,12)(H,13,14,16). The molecule has 1 amide bonds. The highest BCUT2D eigenvalue weighted by Crippen LogP contribution is 2.11. The maximum atomic E-state index is 11.8. The van der Waals surface area contributed by atoms with Crippen LogP contribution in [0.4, 0.5) is 11.5 Å². The topological polar surface area (TPSA) is 85.8 Å². The molecular formula is C10H11N5O. The summed E-state index contributed by atoms with van der Waals surface area (Å²) < 4.78 is 1.60. The molecule has 6 heteroatoms. The first kappa shape index (κ1) is 10.2. The highest BCUT2D eigenvalue weighted by atomic mass is 16.1. The van der Waals surface area contributed by atoms with Gasteiger partial charge in [0.25, 0.3) is 5.91 Å². The molecule has 2 aromatic rings. The van der Waals surface area contributed by atoms with E-state index < -0.39 is 0 Å². The number of rotatable bonds is 2. The Hall–Kier alpha value is -2.37. The van der Waals surface area contributed by atoms with Crippen LogP contribution in [-0.4, -0.2) is 20.7 Å². The average Bonchev–Trinajstić information content (AvgIpc) is 2.64. The zero-order chi connectivity index (χ0) is 11.5. The number of aromatic nitrogens is 3. The summed E-state index contributed by atoms with van der Waals surface area (Å²) in [5.74, 6) is 0.167. The SMILES string of the molecule is Cn1ccc(NC(=O)c2cnccc2N)n1. The Labute approximate surface area is 92.1 Å². The van der Waals surface area contributed by atoms with Gasteiger partial charge >= 0.3 is 0 Å². The first-order valence-electron chi connectivity index (χ1n) is 4.67. The predicted octanol–water partition coefficient (Wildman–Crippen LogP) is 0.650. The number of amides is 1. The van der Waals surface area contributed by atoms with Crippen LogP contribution in [0.2, 0.25) is 0 Å². The fourth-order valence-corrected chi connectivity index (χ4v) is 1.26. The van der Waals surface area contributed by atoms with E-state index >= 15 is 0 Å². The maximum absolute atomic E-state index is 11.8. The van der Waals surface area contributed by atoms with Gasteiger partial charge in [0.05, 0.1) is 5.56 Å². The van der Waals surface area contributed by atoms with E-state index in [-0.39, 0.29) is 5.91 Å². The summed E-state index contributed by atoms with van der Waals surface area (Å²) in [4.78, 5) is 15.6. The molecule has 0 aliphatic rings. The van der Waals surface area contributed by atoms with Gasteiger partial charge < -0.3 is 11.1 Å². The normalized spacial score (nSPS) is 10.1. The lowest BCUT2D eigenvalue weighted by Gasteiger charge is -2.03. The zero-order valence-corrected chi connectivity index (χ0v) is 8.71. The van der Waals surface area contributed by atoms with Crippen molar-refractivity contribution in [2.75, 3.05) is 11.1 Å². The minimum absolute atomic E-state index is 0.315. The third kappa shape index (κ3) is 2.00. The number of carbonyl (C=O) groups excluding carboxylic acids is 1. The highest BCUT2D eigenvalue weighted by Gasteiger charge is 2.10. The molecule has 0 radical (unpaired) electrons. The van der Waals surface area contributed by atoms with Crippen molar-refractivity contribution < 1.29 is 4.79 Å². The Morgan fingerprint density at radius 3 is 2.94 bits per heavy atom. The van der Waals surface area contributed by atoms with E-state index in [2.05, 4.69) is 15.4 Å². The molecule has 0 aliphatic heterocycles. The molecule has 0 bridgehead atoms. The third-order valence-electron chi connectivity index (χ3n) is 2.05. The van der Waals surface area contributed by atoms with E-state index in [9.17, 15) is 4.79 Å². The molecule has 0 spiro atoms. The Kier molecular flexibility index (Phi) is 2.55. The van der Waals surface area contributed by atoms with Crippen molar-refractivity contribution in [2.24, 2.45) is 7.05 Å². The fraction of sp³-hybridized carbons (Fsp3) is 0.100. The van der Waals surface area contributed by atoms with E-state index in [0.29, 0.717) is 17.1 Å². The largest absolute Gasteiger partial charge is 0.398 e. The van der Waals surface area contributed by atoms with E-state index in [0.717, 1.165) is 0 Å². The summed E-state index contributed by atoms with van der Waals surface area (Å²) in [6.07, 6.45) is 4.70. The molecule has 16 heavy (non-hydrogen) atoms. The van der Waals surface area contributed by atoms with Gasteiger partial charge in [-0.1, -0.05) is 0 Å². The molecule has 2 aromatic heterocycles. The van der Waals surface area contributed by atoms with Gasteiger partial charge in [-0.05, 0) is 6.07 Å². The first-order valence-corrected chi connectivity index (χ1v) is 4.67. The second kappa shape index (κ2) is 4.01. The zero-order valence-electron chi connectivity index (χ0n) is 8.71. The number of carbonyl (C=O) groups is 1. The second-order valence-corrected chi connectivity index (χ2v) is 3.29. The predicted molar refractivity (Wildman–Crippen MR) is 59.8 cm³/mol. The quantitative estimate of drug-likeness (QED) is 0.773. The molecule has 0 fully saturated rings. The lowest BCUT2D eigenvalue weighted by Crippen LogP contribution is -2.14. The average molecular weight is 217 g/mol.